The van der Waals surface area contributed by atoms with E-state index in [1.165, 1.54) is 6.20 Å². The molecule has 1 aliphatic rings. The van der Waals surface area contributed by atoms with Gasteiger partial charge in [-0.1, -0.05) is 23.2 Å². The van der Waals surface area contributed by atoms with Gasteiger partial charge in [0.2, 0.25) is 0 Å². The van der Waals surface area contributed by atoms with E-state index in [9.17, 15) is 4.79 Å². The second kappa shape index (κ2) is 4.99. The molecule has 0 saturated carbocycles. The molecular formula is C10H10Cl2N2O2. The molecule has 86 valence electrons. The van der Waals surface area contributed by atoms with Crippen LogP contribution in [0.3, 0.4) is 0 Å². The number of ether oxygens (including phenoxy) is 1. The molecule has 1 saturated heterocycles. The van der Waals surface area contributed by atoms with Crippen LogP contribution in [-0.4, -0.2) is 42.1 Å². The van der Waals surface area contributed by atoms with Gasteiger partial charge in [-0.15, -0.1) is 0 Å². The van der Waals surface area contributed by atoms with Gasteiger partial charge in [-0.2, -0.15) is 0 Å². The lowest BCUT2D eigenvalue weighted by atomic mass is 10.2. The lowest BCUT2D eigenvalue weighted by molar-refractivity contribution is 0.0303. The first-order valence-corrected chi connectivity index (χ1v) is 5.63. The van der Waals surface area contributed by atoms with Crippen LogP contribution in [0.2, 0.25) is 10.2 Å². The Morgan fingerprint density at radius 1 is 1.38 bits per heavy atom. The van der Waals surface area contributed by atoms with Crippen molar-refractivity contribution >= 4 is 29.1 Å². The minimum atomic E-state index is -0.127. The maximum atomic E-state index is 12.1. The number of aromatic nitrogens is 1. The number of hydrogen-bond acceptors (Lipinski definition) is 3. The quantitative estimate of drug-likeness (QED) is 0.724. The normalized spacial score (nSPS) is 16.2. The molecule has 0 unspecified atom stereocenters. The molecule has 16 heavy (non-hydrogen) atoms. The van der Waals surface area contributed by atoms with Gasteiger partial charge < -0.3 is 9.64 Å². The molecule has 1 aromatic heterocycles. The van der Waals surface area contributed by atoms with Gasteiger partial charge >= 0.3 is 0 Å². The lowest BCUT2D eigenvalue weighted by Crippen LogP contribution is -2.40. The summed E-state index contributed by atoms with van der Waals surface area (Å²) in [5.41, 5.74) is 0.392. The van der Waals surface area contributed by atoms with Crippen molar-refractivity contribution in [3.05, 3.63) is 28.0 Å². The number of halogens is 2. The molecule has 0 atom stereocenters. The molecule has 1 amide bonds. The van der Waals surface area contributed by atoms with Crippen LogP contribution < -0.4 is 0 Å². The summed E-state index contributed by atoms with van der Waals surface area (Å²) in [5, 5.41) is 0.362. The van der Waals surface area contributed by atoms with Crippen LogP contribution in [0.1, 0.15) is 10.4 Å². The van der Waals surface area contributed by atoms with E-state index in [-0.39, 0.29) is 16.1 Å². The van der Waals surface area contributed by atoms with Crippen molar-refractivity contribution in [2.45, 2.75) is 0 Å². The predicted molar refractivity (Wildman–Crippen MR) is 61.0 cm³/mol. The number of nitrogens with zero attached hydrogens (tertiary/aromatic N) is 2. The van der Waals surface area contributed by atoms with Crippen LogP contribution in [0, 0.1) is 0 Å². The van der Waals surface area contributed by atoms with Gasteiger partial charge in [0.15, 0.2) is 0 Å². The van der Waals surface area contributed by atoms with Crippen LogP contribution in [0.5, 0.6) is 0 Å². The van der Waals surface area contributed by atoms with Crippen LogP contribution >= 0.6 is 23.2 Å². The highest BCUT2D eigenvalue weighted by molar-refractivity contribution is 6.43. The van der Waals surface area contributed by atoms with Crippen LogP contribution in [0.25, 0.3) is 0 Å². The molecule has 2 heterocycles. The molecule has 0 radical (unpaired) electrons. The van der Waals surface area contributed by atoms with E-state index in [4.69, 9.17) is 27.9 Å². The fourth-order valence-corrected chi connectivity index (χ4v) is 1.87. The first-order chi connectivity index (χ1) is 7.70. The molecule has 0 spiro atoms. The monoisotopic (exact) mass is 260 g/mol. The summed E-state index contributed by atoms with van der Waals surface area (Å²) >= 11 is 11.7. The van der Waals surface area contributed by atoms with Gasteiger partial charge in [0.1, 0.15) is 5.15 Å². The van der Waals surface area contributed by atoms with Crippen molar-refractivity contribution in [3.8, 4) is 0 Å². The Morgan fingerprint density at radius 3 is 2.75 bits per heavy atom. The summed E-state index contributed by atoms with van der Waals surface area (Å²) in [6.45, 7) is 2.27. The van der Waals surface area contributed by atoms with E-state index in [0.717, 1.165) is 0 Å². The van der Waals surface area contributed by atoms with Crippen molar-refractivity contribution in [1.29, 1.82) is 0 Å². The Labute approximate surface area is 103 Å². The third-order valence-electron chi connectivity index (χ3n) is 2.38. The van der Waals surface area contributed by atoms with Crippen LogP contribution in [0.15, 0.2) is 12.3 Å². The van der Waals surface area contributed by atoms with E-state index in [2.05, 4.69) is 4.98 Å². The first-order valence-electron chi connectivity index (χ1n) is 4.87. The average Bonchev–Trinajstić information content (AvgIpc) is 2.33. The summed E-state index contributed by atoms with van der Waals surface area (Å²) in [4.78, 5) is 17.6. The number of carbonyl (C=O) groups excluding carboxylic acids is 1. The topological polar surface area (TPSA) is 42.4 Å². The Kier molecular flexibility index (Phi) is 3.63. The van der Waals surface area contributed by atoms with Gasteiger partial charge in [0.25, 0.3) is 5.91 Å². The maximum absolute atomic E-state index is 12.1. The SMILES string of the molecule is O=C(c1ccnc(Cl)c1Cl)N1CCOCC1. The summed E-state index contributed by atoms with van der Waals surface area (Å²) in [6.07, 6.45) is 1.47. The fourth-order valence-electron chi connectivity index (χ4n) is 1.52. The number of carbonyl (C=O) groups is 1. The number of pyridine rings is 1. The fraction of sp³-hybridized carbons (Fsp3) is 0.400. The summed E-state index contributed by atoms with van der Waals surface area (Å²) in [6, 6.07) is 1.58. The van der Waals surface area contributed by atoms with Crippen LogP contribution in [0.4, 0.5) is 0 Å². The van der Waals surface area contributed by atoms with Crippen molar-refractivity contribution < 1.29 is 9.53 Å². The van der Waals surface area contributed by atoms with E-state index in [0.29, 0.717) is 31.9 Å². The Morgan fingerprint density at radius 2 is 2.06 bits per heavy atom. The van der Waals surface area contributed by atoms with E-state index in [1.807, 2.05) is 0 Å². The van der Waals surface area contributed by atoms with Gasteiger partial charge in [-0.25, -0.2) is 4.98 Å². The number of rotatable bonds is 1. The van der Waals surface area contributed by atoms with Crippen molar-refractivity contribution in [2.24, 2.45) is 0 Å². The molecule has 1 aromatic rings. The smallest absolute Gasteiger partial charge is 0.255 e. The average molecular weight is 261 g/mol. The molecule has 2 rings (SSSR count). The van der Waals surface area contributed by atoms with Crippen molar-refractivity contribution in [2.75, 3.05) is 26.3 Å². The number of amides is 1. The molecule has 4 nitrogen and oxygen atoms in total. The second-order valence-corrected chi connectivity index (χ2v) is 4.10. The minimum Gasteiger partial charge on any atom is -0.378 e. The Hall–Kier alpha value is -0.840. The summed E-state index contributed by atoms with van der Waals surface area (Å²) in [7, 11) is 0. The van der Waals surface area contributed by atoms with E-state index in [1.54, 1.807) is 11.0 Å². The minimum absolute atomic E-state index is 0.127. The third kappa shape index (κ3) is 2.29. The standard InChI is InChI=1S/C10H10Cl2N2O2/c11-8-7(1-2-13-9(8)12)10(15)14-3-5-16-6-4-14/h1-2H,3-6H2. The molecule has 1 aliphatic heterocycles. The molecule has 0 aliphatic carbocycles. The zero-order chi connectivity index (χ0) is 11.5. The highest BCUT2D eigenvalue weighted by Crippen LogP contribution is 2.24. The van der Waals surface area contributed by atoms with E-state index < -0.39 is 0 Å². The van der Waals surface area contributed by atoms with Crippen molar-refractivity contribution in [1.82, 2.24) is 9.88 Å². The van der Waals surface area contributed by atoms with Gasteiger partial charge in [-0.3, -0.25) is 4.79 Å². The van der Waals surface area contributed by atoms with Gasteiger partial charge in [-0.05, 0) is 6.07 Å². The highest BCUT2D eigenvalue weighted by atomic mass is 35.5. The van der Waals surface area contributed by atoms with Crippen molar-refractivity contribution in [3.63, 3.8) is 0 Å². The molecule has 1 fully saturated rings. The first kappa shape index (κ1) is 11.6. The summed E-state index contributed by atoms with van der Waals surface area (Å²) in [5.74, 6) is -0.127. The van der Waals surface area contributed by atoms with Gasteiger partial charge in [0, 0.05) is 19.3 Å². The second-order valence-electron chi connectivity index (χ2n) is 3.37. The zero-order valence-corrected chi connectivity index (χ0v) is 9.96. The predicted octanol–water partition coefficient (Wildman–Crippen LogP) is 1.86. The largest absolute Gasteiger partial charge is 0.378 e. The molecule has 0 bridgehead atoms. The molecule has 0 N–H and O–H groups in total. The van der Waals surface area contributed by atoms with Crippen LogP contribution in [-0.2, 0) is 4.74 Å². The highest BCUT2D eigenvalue weighted by Gasteiger charge is 2.21. The summed E-state index contributed by atoms with van der Waals surface area (Å²) < 4.78 is 5.17. The third-order valence-corrected chi connectivity index (χ3v) is 3.14. The zero-order valence-electron chi connectivity index (χ0n) is 8.45. The molecule has 0 aromatic carbocycles. The molecular weight excluding hydrogens is 251 g/mol. The Bertz CT molecular complexity index is 406. The van der Waals surface area contributed by atoms with Gasteiger partial charge in [0.05, 0.1) is 23.8 Å². The maximum Gasteiger partial charge on any atom is 0.255 e. The lowest BCUT2D eigenvalue weighted by Gasteiger charge is -2.27. The van der Waals surface area contributed by atoms with E-state index >= 15 is 0 Å². The number of morpholine rings is 1. The Balaban J connectivity index is 2.22. The molecule has 6 heteroatoms. The number of hydrogen-bond donors (Lipinski definition) is 0.